The Morgan fingerprint density at radius 3 is 2.70 bits per heavy atom. The van der Waals surface area contributed by atoms with E-state index in [-0.39, 0.29) is 24.2 Å². The summed E-state index contributed by atoms with van der Waals surface area (Å²) < 4.78 is 14.6. The Morgan fingerprint density at radius 1 is 1.26 bits per heavy atom. The van der Waals surface area contributed by atoms with E-state index < -0.39 is 6.03 Å². The first-order valence-corrected chi connectivity index (χ1v) is 8.54. The minimum absolute atomic E-state index is 0.0000629. The van der Waals surface area contributed by atoms with Gasteiger partial charge in [0.2, 0.25) is 5.88 Å². The molecule has 3 N–H and O–H groups in total. The molecule has 0 saturated heterocycles. The second-order valence-corrected chi connectivity index (χ2v) is 6.53. The van der Waals surface area contributed by atoms with E-state index in [1.807, 2.05) is 0 Å². The van der Waals surface area contributed by atoms with Crippen molar-refractivity contribution in [3.63, 3.8) is 0 Å². The highest BCUT2D eigenvalue weighted by Crippen LogP contribution is 2.37. The van der Waals surface area contributed by atoms with Gasteiger partial charge >= 0.3 is 6.03 Å². The van der Waals surface area contributed by atoms with Gasteiger partial charge in [0.1, 0.15) is 5.82 Å². The molecule has 1 aliphatic heterocycles. The first kappa shape index (κ1) is 17.0. The normalized spacial score (nSPS) is 16.2. The van der Waals surface area contributed by atoms with Crippen molar-refractivity contribution in [2.75, 3.05) is 6.54 Å². The number of urea groups is 1. The van der Waals surface area contributed by atoms with Crippen LogP contribution in [0.1, 0.15) is 22.7 Å². The molecule has 138 valence electrons. The molecule has 0 saturated carbocycles. The third-order valence-electron chi connectivity index (χ3n) is 4.74. The van der Waals surface area contributed by atoms with Crippen LogP contribution in [0.2, 0.25) is 0 Å². The quantitative estimate of drug-likeness (QED) is 0.742. The first-order valence-electron chi connectivity index (χ1n) is 8.54. The third kappa shape index (κ3) is 3.21. The Bertz CT molecular complexity index is 972. The minimum Gasteiger partial charge on any atom is -0.493 e. The molecular formula is C19H18FN5O2. The van der Waals surface area contributed by atoms with Crippen molar-refractivity contribution >= 4 is 6.03 Å². The van der Waals surface area contributed by atoms with Gasteiger partial charge in [0.25, 0.3) is 0 Å². The predicted octanol–water partition coefficient (Wildman–Crippen LogP) is 2.33. The molecule has 0 radical (unpaired) electrons. The summed E-state index contributed by atoms with van der Waals surface area (Å²) in [5.74, 6) is -0.0488. The number of hydrogen-bond donors (Lipinski definition) is 2. The lowest BCUT2D eigenvalue weighted by atomic mass is 9.88. The standard InChI is InChI=1S/C19H18FN5O2/c20-14-6-4-12(5-7-14)9-13-10-24(19(21)27)11-15-17(13)18(26)25(23-15)16-3-1-2-8-22-16/h1-8,13,26H,9-11H2,(H2,21,27). The molecule has 0 spiro atoms. The molecule has 3 aromatic rings. The number of nitrogens with two attached hydrogens (primary N) is 1. The molecule has 1 aromatic carbocycles. The van der Waals surface area contributed by atoms with Gasteiger partial charge < -0.3 is 15.7 Å². The fraction of sp³-hybridized carbons (Fsp3) is 0.211. The molecular weight excluding hydrogens is 349 g/mol. The van der Waals surface area contributed by atoms with Crippen molar-refractivity contribution in [1.82, 2.24) is 19.7 Å². The molecule has 8 heteroatoms. The second kappa shape index (κ2) is 6.71. The van der Waals surface area contributed by atoms with Crippen LogP contribution in [0, 0.1) is 5.82 Å². The summed E-state index contributed by atoms with van der Waals surface area (Å²) in [7, 11) is 0. The molecule has 1 atom stereocenters. The largest absolute Gasteiger partial charge is 0.493 e. The Kier molecular flexibility index (Phi) is 4.23. The summed E-state index contributed by atoms with van der Waals surface area (Å²) >= 11 is 0. The summed E-state index contributed by atoms with van der Waals surface area (Å²) in [4.78, 5) is 17.5. The molecule has 2 aromatic heterocycles. The van der Waals surface area contributed by atoms with Crippen LogP contribution in [-0.4, -0.2) is 37.3 Å². The molecule has 3 heterocycles. The summed E-state index contributed by atoms with van der Waals surface area (Å²) in [5.41, 5.74) is 7.62. The fourth-order valence-corrected chi connectivity index (χ4v) is 3.48. The highest BCUT2D eigenvalue weighted by molar-refractivity contribution is 5.72. The number of rotatable bonds is 3. The number of benzene rings is 1. The number of nitrogens with zero attached hydrogens (tertiary/aromatic N) is 4. The van der Waals surface area contributed by atoms with Gasteiger partial charge in [-0.3, -0.25) is 0 Å². The summed E-state index contributed by atoms with van der Waals surface area (Å²) in [6, 6.07) is 10.9. The van der Waals surface area contributed by atoms with Gasteiger partial charge in [-0.15, -0.1) is 0 Å². The van der Waals surface area contributed by atoms with Crippen LogP contribution in [0.5, 0.6) is 5.88 Å². The van der Waals surface area contributed by atoms with Crippen LogP contribution in [0.15, 0.2) is 48.7 Å². The summed E-state index contributed by atoms with van der Waals surface area (Å²) in [6.07, 6.45) is 2.12. The minimum atomic E-state index is -0.545. The summed E-state index contributed by atoms with van der Waals surface area (Å²) in [5, 5.41) is 15.3. The number of aromatic hydroxyl groups is 1. The monoisotopic (exact) mass is 367 g/mol. The topological polar surface area (TPSA) is 97.3 Å². The van der Waals surface area contributed by atoms with Crippen LogP contribution in [-0.2, 0) is 13.0 Å². The molecule has 0 aliphatic carbocycles. The van der Waals surface area contributed by atoms with Crippen LogP contribution in [0.25, 0.3) is 5.82 Å². The molecule has 0 fully saturated rings. The number of fused-ring (bicyclic) bond motifs is 1. The molecule has 4 rings (SSSR count). The average Bonchev–Trinajstić information content (AvgIpc) is 3.01. The lowest BCUT2D eigenvalue weighted by Crippen LogP contribution is -2.41. The maximum atomic E-state index is 13.2. The van der Waals surface area contributed by atoms with Crippen LogP contribution >= 0.6 is 0 Å². The maximum Gasteiger partial charge on any atom is 0.315 e. The molecule has 1 unspecified atom stereocenters. The van der Waals surface area contributed by atoms with Crippen molar-refractivity contribution in [1.29, 1.82) is 0 Å². The zero-order valence-electron chi connectivity index (χ0n) is 14.4. The van der Waals surface area contributed by atoms with Gasteiger partial charge in [0.15, 0.2) is 5.82 Å². The number of hydrogen-bond acceptors (Lipinski definition) is 4. The Labute approximate surface area is 154 Å². The zero-order valence-corrected chi connectivity index (χ0v) is 14.4. The van der Waals surface area contributed by atoms with Gasteiger partial charge in [-0.2, -0.15) is 9.78 Å². The second-order valence-electron chi connectivity index (χ2n) is 6.53. The van der Waals surface area contributed by atoms with Gasteiger partial charge in [0.05, 0.1) is 12.2 Å². The highest BCUT2D eigenvalue weighted by Gasteiger charge is 2.34. The van der Waals surface area contributed by atoms with E-state index >= 15 is 0 Å². The van der Waals surface area contributed by atoms with E-state index in [0.717, 1.165) is 5.56 Å². The van der Waals surface area contributed by atoms with Crippen LogP contribution in [0.4, 0.5) is 9.18 Å². The fourth-order valence-electron chi connectivity index (χ4n) is 3.48. The lowest BCUT2D eigenvalue weighted by molar-refractivity contribution is 0.194. The van der Waals surface area contributed by atoms with Crippen LogP contribution < -0.4 is 5.73 Å². The molecule has 0 bridgehead atoms. The van der Waals surface area contributed by atoms with Gasteiger partial charge in [-0.1, -0.05) is 18.2 Å². The Balaban J connectivity index is 1.75. The Hall–Kier alpha value is -3.42. The number of primary amides is 1. The van der Waals surface area contributed by atoms with Crippen LogP contribution in [0.3, 0.4) is 0 Å². The average molecular weight is 367 g/mol. The third-order valence-corrected chi connectivity index (χ3v) is 4.74. The number of pyridine rings is 1. The van der Waals surface area contributed by atoms with E-state index in [2.05, 4.69) is 10.1 Å². The predicted molar refractivity (Wildman–Crippen MR) is 95.9 cm³/mol. The smallest absolute Gasteiger partial charge is 0.315 e. The number of carbonyl (C=O) groups is 1. The van der Waals surface area contributed by atoms with E-state index in [0.29, 0.717) is 30.0 Å². The van der Waals surface area contributed by atoms with Crippen molar-refractivity contribution in [3.8, 4) is 11.7 Å². The van der Waals surface area contributed by atoms with Crippen molar-refractivity contribution in [3.05, 3.63) is 71.3 Å². The maximum absolute atomic E-state index is 13.2. The molecule has 2 amide bonds. The van der Waals surface area contributed by atoms with Crippen molar-refractivity contribution in [2.24, 2.45) is 5.73 Å². The Morgan fingerprint density at radius 2 is 2.04 bits per heavy atom. The molecule has 1 aliphatic rings. The van der Waals surface area contributed by atoms with E-state index in [9.17, 15) is 14.3 Å². The number of carbonyl (C=O) groups excluding carboxylic acids is 1. The lowest BCUT2D eigenvalue weighted by Gasteiger charge is -2.31. The SMILES string of the molecule is NC(=O)N1Cc2nn(-c3ccccn3)c(O)c2C(Cc2ccc(F)cc2)C1. The first-order chi connectivity index (χ1) is 13.0. The van der Waals surface area contributed by atoms with Gasteiger partial charge in [0, 0.05) is 24.2 Å². The number of aromatic nitrogens is 3. The van der Waals surface area contributed by atoms with Gasteiger partial charge in [-0.25, -0.2) is 14.2 Å². The summed E-state index contributed by atoms with van der Waals surface area (Å²) in [6.45, 7) is 0.569. The van der Waals surface area contributed by atoms with Crippen molar-refractivity contribution < 1.29 is 14.3 Å². The van der Waals surface area contributed by atoms with E-state index in [1.54, 1.807) is 36.5 Å². The molecule has 7 nitrogen and oxygen atoms in total. The molecule has 27 heavy (non-hydrogen) atoms. The number of halogens is 1. The van der Waals surface area contributed by atoms with E-state index in [1.165, 1.54) is 21.7 Å². The van der Waals surface area contributed by atoms with E-state index in [4.69, 9.17) is 5.73 Å². The van der Waals surface area contributed by atoms with Crippen molar-refractivity contribution in [2.45, 2.75) is 18.9 Å². The highest BCUT2D eigenvalue weighted by atomic mass is 19.1. The number of amides is 2. The zero-order chi connectivity index (χ0) is 19.0. The van der Waals surface area contributed by atoms with Gasteiger partial charge in [-0.05, 0) is 36.2 Å².